The van der Waals surface area contributed by atoms with Gasteiger partial charge in [-0.15, -0.1) is 0 Å². The third kappa shape index (κ3) is 3.83. The van der Waals surface area contributed by atoms with Crippen LogP contribution >= 0.6 is 0 Å². The van der Waals surface area contributed by atoms with Crippen LogP contribution in [0.3, 0.4) is 0 Å². The molecule has 3 heterocycles. The molecule has 0 aliphatic carbocycles. The molecule has 8 nitrogen and oxygen atoms in total. The van der Waals surface area contributed by atoms with E-state index in [9.17, 15) is 10.1 Å². The lowest BCUT2D eigenvalue weighted by molar-refractivity contribution is -0.385. The molecular formula is C17H18N6O2. The fraction of sp³-hybridized carbons (Fsp3) is 0.353. The van der Waals surface area contributed by atoms with E-state index in [2.05, 4.69) is 26.3 Å². The van der Waals surface area contributed by atoms with Crippen LogP contribution in [0.2, 0.25) is 0 Å². The number of aryl methyl sites for hydroxylation is 1. The molecule has 0 aromatic carbocycles. The smallest absolute Gasteiger partial charge is 0.290 e. The number of piperidine rings is 1. The SMILES string of the molecule is Cc1cc(NC2CCN(c3ccc(C#N)cn3)CC2)ncc1[N+](=O)[O-]. The van der Waals surface area contributed by atoms with Gasteiger partial charge in [0.05, 0.1) is 10.5 Å². The summed E-state index contributed by atoms with van der Waals surface area (Å²) in [6.45, 7) is 3.41. The van der Waals surface area contributed by atoms with Gasteiger partial charge in [0.1, 0.15) is 23.9 Å². The van der Waals surface area contributed by atoms with E-state index in [-0.39, 0.29) is 11.7 Å². The second kappa shape index (κ2) is 7.13. The molecule has 1 saturated heterocycles. The van der Waals surface area contributed by atoms with Crippen LogP contribution in [0, 0.1) is 28.4 Å². The van der Waals surface area contributed by atoms with E-state index >= 15 is 0 Å². The van der Waals surface area contributed by atoms with Gasteiger partial charge in [-0.05, 0) is 38.0 Å². The van der Waals surface area contributed by atoms with Crippen molar-refractivity contribution in [1.82, 2.24) is 9.97 Å². The largest absolute Gasteiger partial charge is 0.367 e. The maximum Gasteiger partial charge on any atom is 0.290 e. The Morgan fingerprint density at radius 1 is 1.32 bits per heavy atom. The molecule has 0 amide bonds. The minimum Gasteiger partial charge on any atom is -0.367 e. The van der Waals surface area contributed by atoms with Crippen LogP contribution in [0.5, 0.6) is 0 Å². The van der Waals surface area contributed by atoms with Crippen molar-refractivity contribution >= 4 is 17.3 Å². The van der Waals surface area contributed by atoms with E-state index < -0.39 is 4.92 Å². The van der Waals surface area contributed by atoms with Crippen molar-refractivity contribution in [3.63, 3.8) is 0 Å². The number of hydrogen-bond donors (Lipinski definition) is 1. The summed E-state index contributed by atoms with van der Waals surface area (Å²) in [5, 5.41) is 23.0. The number of nitrogens with zero attached hydrogens (tertiary/aromatic N) is 5. The monoisotopic (exact) mass is 338 g/mol. The fourth-order valence-corrected chi connectivity index (χ4v) is 2.92. The fourth-order valence-electron chi connectivity index (χ4n) is 2.92. The zero-order chi connectivity index (χ0) is 17.8. The Morgan fingerprint density at radius 2 is 2.08 bits per heavy atom. The average Bonchev–Trinajstić information content (AvgIpc) is 2.62. The molecule has 0 bridgehead atoms. The van der Waals surface area contributed by atoms with Crippen molar-refractivity contribution in [3.05, 3.63) is 51.8 Å². The number of rotatable bonds is 4. The number of nitriles is 1. The summed E-state index contributed by atoms with van der Waals surface area (Å²) in [6, 6.07) is 7.69. The highest BCUT2D eigenvalue weighted by Gasteiger charge is 2.21. The van der Waals surface area contributed by atoms with Crippen LogP contribution in [0.4, 0.5) is 17.3 Å². The highest BCUT2D eigenvalue weighted by molar-refractivity contribution is 5.48. The predicted octanol–water partition coefficient (Wildman–Crippen LogP) is 2.65. The molecule has 25 heavy (non-hydrogen) atoms. The summed E-state index contributed by atoms with van der Waals surface area (Å²) in [4.78, 5) is 21.1. The molecule has 2 aromatic heterocycles. The first-order chi connectivity index (χ1) is 12.1. The van der Waals surface area contributed by atoms with Gasteiger partial charge >= 0.3 is 0 Å². The van der Waals surface area contributed by atoms with Crippen molar-refractivity contribution in [2.75, 3.05) is 23.3 Å². The molecule has 0 atom stereocenters. The normalized spacial score (nSPS) is 14.8. The van der Waals surface area contributed by atoms with Gasteiger partial charge in [-0.3, -0.25) is 10.1 Å². The zero-order valence-corrected chi connectivity index (χ0v) is 13.8. The summed E-state index contributed by atoms with van der Waals surface area (Å²) in [5.41, 5.74) is 1.19. The van der Waals surface area contributed by atoms with Crippen molar-refractivity contribution < 1.29 is 4.92 Å². The van der Waals surface area contributed by atoms with Crippen LogP contribution in [0.25, 0.3) is 0 Å². The predicted molar refractivity (Wildman–Crippen MR) is 93.4 cm³/mol. The maximum atomic E-state index is 10.9. The molecule has 0 saturated carbocycles. The molecule has 1 fully saturated rings. The number of hydrogen-bond acceptors (Lipinski definition) is 7. The van der Waals surface area contributed by atoms with Crippen molar-refractivity contribution in [3.8, 4) is 6.07 Å². The Bertz CT molecular complexity index is 807. The molecule has 0 spiro atoms. The number of pyridine rings is 2. The van der Waals surface area contributed by atoms with Gasteiger partial charge in [0.2, 0.25) is 0 Å². The molecule has 0 radical (unpaired) electrons. The first kappa shape index (κ1) is 16.6. The first-order valence-corrected chi connectivity index (χ1v) is 8.05. The van der Waals surface area contributed by atoms with E-state index in [1.165, 1.54) is 6.20 Å². The van der Waals surface area contributed by atoms with Gasteiger partial charge in [-0.1, -0.05) is 0 Å². The first-order valence-electron chi connectivity index (χ1n) is 8.05. The Kier molecular flexibility index (Phi) is 4.75. The summed E-state index contributed by atoms with van der Waals surface area (Å²) >= 11 is 0. The van der Waals surface area contributed by atoms with Crippen molar-refractivity contribution in [2.45, 2.75) is 25.8 Å². The quantitative estimate of drug-likeness (QED) is 0.674. The molecule has 1 aliphatic heterocycles. The highest BCUT2D eigenvalue weighted by atomic mass is 16.6. The van der Waals surface area contributed by atoms with Crippen LogP contribution in [-0.4, -0.2) is 34.0 Å². The number of aromatic nitrogens is 2. The molecule has 1 aliphatic rings. The van der Waals surface area contributed by atoms with Gasteiger partial charge in [-0.25, -0.2) is 9.97 Å². The van der Waals surface area contributed by atoms with E-state index in [0.29, 0.717) is 16.9 Å². The summed E-state index contributed by atoms with van der Waals surface area (Å²) < 4.78 is 0. The lowest BCUT2D eigenvalue weighted by atomic mass is 10.0. The van der Waals surface area contributed by atoms with Crippen molar-refractivity contribution in [1.29, 1.82) is 5.26 Å². The molecule has 2 aromatic rings. The lowest BCUT2D eigenvalue weighted by Crippen LogP contribution is -2.39. The minimum atomic E-state index is -0.421. The topological polar surface area (TPSA) is 108 Å². The third-order valence-corrected chi connectivity index (χ3v) is 4.33. The Morgan fingerprint density at radius 3 is 2.64 bits per heavy atom. The highest BCUT2D eigenvalue weighted by Crippen LogP contribution is 2.23. The molecule has 128 valence electrons. The van der Waals surface area contributed by atoms with E-state index in [1.54, 1.807) is 25.3 Å². The molecule has 0 unspecified atom stereocenters. The Balaban J connectivity index is 1.58. The van der Waals surface area contributed by atoms with Crippen LogP contribution in [0.1, 0.15) is 24.0 Å². The van der Waals surface area contributed by atoms with Crippen LogP contribution < -0.4 is 10.2 Å². The standard InChI is InChI=1S/C17H18N6O2/c1-12-8-16(19-11-15(12)23(24)25)21-14-4-6-22(7-5-14)17-3-2-13(9-18)10-20-17/h2-3,8,10-11,14H,4-7H2,1H3,(H,19,21). The van der Waals surface area contributed by atoms with E-state index in [1.807, 2.05) is 6.07 Å². The summed E-state index contributed by atoms with van der Waals surface area (Å²) in [7, 11) is 0. The molecular weight excluding hydrogens is 320 g/mol. The zero-order valence-electron chi connectivity index (χ0n) is 13.8. The molecule has 8 heteroatoms. The second-order valence-corrected chi connectivity index (χ2v) is 6.04. The number of nitrogens with one attached hydrogen (secondary N) is 1. The molecule has 1 N–H and O–H groups in total. The summed E-state index contributed by atoms with van der Waals surface area (Å²) in [6.07, 6.45) is 4.72. The maximum absolute atomic E-state index is 10.9. The van der Waals surface area contributed by atoms with Gasteiger partial charge in [0.25, 0.3) is 5.69 Å². The number of nitro groups is 1. The minimum absolute atomic E-state index is 0.0345. The second-order valence-electron chi connectivity index (χ2n) is 6.04. The van der Waals surface area contributed by atoms with Gasteiger partial charge in [-0.2, -0.15) is 5.26 Å². The van der Waals surface area contributed by atoms with Gasteiger partial charge in [0.15, 0.2) is 0 Å². The van der Waals surface area contributed by atoms with E-state index in [0.717, 1.165) is 31.7 Å². The van der Waals surface area contributed by atoms with Crippen molar-refractivity contribution in [2.24, 2.45) is 0 Å². The number of anilines is 2. The third-order valence-electron chi connectivity index (χ3n) is 4.33. The van der Waals surface area contributed by atoms with Crippen LogP contribution in [0.15, 0.2) is 30.6 Å². The Hall–Kier alpha value is -3.21. The van der Waals surface area contributed by atoms with Gasteiger partial charge in [0, 0.05) is 30.9 Å². The van der Waals surface area contributed by atoms with E-state index in [4.69, 9.17) is 5.26 Å². The van der Waals surface area contributed by atoms with Gasteiger partial charge < -0.3 is 10.2 Å². The average molecular weight is 338 g/mol. The summed E-state index contributed by atoms with van der Waals surface area (Å²) in [5.74, 6) is 1.54. The Labute approximate surface area is 145 Å². The van der Waals surface area contributed by atoms with Crippen LogP contribution in [-0.2, 0) is 0 Å². The molecule has 3 rings (SSSR count). The lowest BCUT2D eigenvalue weighted by Gasteiger charge is -2.33.